The maximum Gasteiger partial charge on any atom is 0.145 e. The van der Waals surface area contributed by atoms with E-state index >= 15 is 0 Å². The van der Waals surface area contributed by atoms with Crippen molar-refractivity contribution in [1.29, 1.82) is 0 Å². The molecule has 0 aliphatic carbocycles. The summed E-state index contributed by atoms with van der Waals surface area (Å²) in [6.07, 6.45) is 9.91. The first-order chi connectivity index (χ1) is 13.6. The van der Waals surface area contributed by atoms with Crippen LogP contribution in [0.4, 0.5) is 0 Å². The molecule has 0 aromatic carbocycles. The monoisotopic (exact) mass is 411 g/mol. The van der Waals surface area contributed by atoms with Gasteiger partial charge in [-0.2, -0.15) is 0 Å². The highest BCUT2D eigenvalue weighted by Crippen LogP contribution is 2.33. The second kappa shape index (κ2) is 8.24. The van der Waals surface area contributed by atoms with Gasteiger partial charge in [-0.05, 0) is 32.1 Å². The zero-order chi connectivity index (χ0) is 19.5. The third kappa shape index (κ3) is 4.00. The number of thiazole rings is 2. The molecule has 0 bridgehead atoms. The van der Waals surface area contributed by atoms with Gasteiger partial charge in [-0.15, -0.1) is 27.8 Å². The molecule has 0 saturated heterocycles. The van der Waals surface area contributed by atoms with Crippen molar-refractivity contribution in [1.82, 2.24) is 35.3 Å². The van der Waals surface area contributed by atoms with Gasteiger partial charge in [0.25, 0.3) is 0 Å². The predicted octanol–water partition coefficient (Wildman–Crippen LogP) is 4.45. The lowest BCUT2D eigenvalue weighted by atomic mass is 10.1. The Bertz CT molecular complexity index is 1040. The SMILES string of the molecule is Cc1nc(-c2c[nH]nn2)sc1CCCc1nc(-c2cnccn2)sc1C(C)C. The van der Waals surface area contributed by atoms with E-state index in [2.05, 4.69) is 51.1 Å². The number of hydrogen-bond donors (Lipinski definition) is 1. The molecular weight excluding hydrogens is 390 g/mol. The average Bonchev–Trinajstić information content (AvgIpc) is 3.43. The molecule has 144 valence electrons. The predicted molar refractivity (Wildman–Crippen MR) is 111 cm³/mol. The quantitative estimate of drug-likeness (QED) is 0.483. The number of H-pyrrole nitrogens is 1. The van der Waals surface area contributed by atoms with Crippen LogP contribution in [0.1, 0.15) is 47.3 Å². The summed E-state index contributed by atoms with van der Waals surface area (Å²) in [5.41, 5.74) is 3.90. The zero-order valence-electron chi connectivity index (χ0n) is 16.0. The van der Waals surface area contributed by atoms with Gasteiger partial charge in [-0.3, -0.25) is 15.1 Å². The minimum absolute atomic E-state index is 0.446. The van der Waals surface area contributed by atoms with Crippen LogP contribution in [0.2, 0.25) is 0 Å². The molecule has 0 unspecified atom stereocenters. The van der Waals surface area contributed by atoms with Crippen LogP contribution in [0.5, 0.6) is 0 Å². The first-order valence-electron chi connectivity index (χ1n) is 9.21. The Labute approximate surface area is 171 Å². The van der Waals surface area contributed by atoms with E-state index in [4.69, 9.17) is 4.98 Å². The molecule has 28 heavy (non-hydrogen) atoms. The number of nitrogens with one attached hydrogen (secondary N) is 1. The fraction of sp³-hybridized carbons (Fsp3) is 0.368. The summed E-state index contributed by atoms with van der Waals surface area (Å²) in [5, 5.41) is 12.4. The van der Waals surface area contributed by atoms with Gasteiger partial charge in [0.05, 0.1) is 23.8 Å². The lowest BCUT2D eigenvalue weighted by Crippen LogP contribution is -1.96. The van der Waals surface area contributed by atoms with Crippen LogP contribution in [0.15, 0.2) is 24.8 Å². The number of nitrogens with zero attached hydrogens (tertiary/aromatic N) is 6. The van der Waals surface area contributed by atoms with E-state index in [1.807, 2.05) is 0 Å². The topological polar surface area (TPSA) is 93.1 Å². The molecular formula is C19H21N7S2. The number of rotatable bonds is 7. The van der Waals surface area contributed by atoms with Gasteiger partial charge in [0, 0.05) is 22.1 Å². The number of aryl methyl sites for hydroxylation is 3. The van der Waals surface area contributed by atoms with Crippen molar-refractivity contribution in [2.45, 2.75) is 46.0 Å². The summed E-state index contributed by atoms with van der Waals surface area (Å²) in [5.74, 6) is 0.446. The van der Waals surface area contributed by atoms with E-state index < -0.39 is 0 Å². The maximum absolute atomic E-state index is 4.88. The standard InChI is InChI=1S/C19H21N7S2/c1-11(2)17-13(24-18(28-17)14-9-20-7-8-21-14)5-4-6-16-12(3)23-19(27-16)15-10-22-26-25-15/h7-11H,4-6H2,1-3H3,(H,22,25,26). The molecule has 0 aliphatic rings. The van der Waals surface area contributed by atoms with Crippen molar-refractivity contribution >= 4 is 22.7 Å². The normalized spacial score (nSPS) is 11.4. The molecule has 0 amide bonds. The Morgan fingerprint density at radius 1 is 1.04 bits per heavy atom. The van der Waals surface area contributed by atoms with Crippen molar-refractivity contribution in [2.75, 3.05) is 0 Å². The van der Waals surface area contributed by atoms with Crippen molar-refractivity contribution in [3.05, 3.63) is 45.9 Å². The van der Waals surface area contributed by atoms with E-state index in [1.165, 1.54) is 15.4 Å². The van der Waals surface area contributed by atoms with E-state index in [9.17, 15) is 0 Å². The second-order valence-corrected chi connectivity index (χ2v) is 8.93. The second-order valence-electron chi connectivity index (χ2n) is 6.82. The molecule has 4 heterocycles. The fourth-order valence-corrected chi connectivity index (χ4v) is 5.14. The molecule has 0 fully saturated rings. The van der Waals surface area contributed by atoms with Crippen LogP contribution in [0.25, 0.3) is 21.4 Å². The third-order valence-electron chi connectivity index (χ3n) is 4.38. The van der Waals surface area contributed by atoms with Crippen molar-refractivity contribution in [3.8, 4) is 21.4 Å². The van der Waals surface area contributed by atoms with Gasteiger partial charge in [-0.25, -0.2) is 9.97 Å². The first-order valence-corrected chi connectivity index (χ1v) is 10.8. The molecule has 0 saturated carbocycles. The van der Waals surface area contributed by atoms with Gasteiger partial charge in [-0.1, -0.05) is 19.1 Å². The summed E-state index contributed by atoms with van der Waals surface area (Å²) in [6.45, 7) is 6.49. The molecule has 1 N–H and O–H groups in total. The fourth-order valence-electron chi connectivity index (χ4n) is 3.00. The van der Waals surface area contributed by atoms with Gasteiger partial charge in [0.1, 0.15) is 21.4 Å². The Morgan fingerprint density at radius 3 is 2.61 bits per heavy atom. The highest BCUT2D eigenvalue weighted by atomic mass is 32.1. The molecule has 4 rings (SSSR count). The van der Waals surface area contributed by atoms with Crippen LogP contribution < -0.4 is 0 Å². The van der Waals surface area contributed by atoms with Crippen LogP contribution in [-0.2, 0) is 12.8 Å². The van der Waals surface area contributed by atoms with Crippen molar-refractivity contribution in [2.24, 2.45) is 0 Å². The Balaban J connectivity index is 1.47. The van der Waals surface area contributed by atoms with Crippen molar-refractivity contribution < 1.29 is 0 Å². The van der Waals surface area contributed by atoms with E-state index in [0.29, 0.717) is 5.92 Å². The van der Waals surface area contributed by atoms with Gasteiger partial charge >= 0.3 is 0 Å². The first kappa shape index (κ1) is 18.8. The molecule has 7 nitrogen and oxygen atoms in total. The Morgan fingerprint density at radius 2 is 1.89 bits per heavy atom. The molecule has 4 aromatic heterocycles. The number of aromatic nitrogens is 7. The zero-order valence-corrected chi connectivity index (χ0v) is 17.6. The van der Waals surface area contributed by atoms with Crippen LogP contribution in [-0.4, -0.2) is 35.3 Å². The average molecular weight is 412 g/mol. The Hall–Kier alpha value is -2.52. The lowest BCUT2D eigenvalue weighted by molar-refractivity contribution is 0.778. The summed E-state index contributed by atoms with van der Waals surface area (Å²) in [4.78, 5) is 20.7. The van der Waals surface area contributed by atoms with E-state index in [1.54, 1.807) is 47.5 Å². The summed E-state index contributed by atoms with van der Waals surface area (Å²) >= 11 is 3.43. The molecule has 4 aromatic rings. The maximum atomic E-state index is 4.88. The summed E-state index contributed by atoms with van der Waals surface area (Å²) in [7, 11) is 0. The summed E-state index contributed by atoms with van der Waals surface area (Å²) < 4.78 is 0. The van der Waals surface area contributed by atoms with Crippen LogP contribution in [0, 0.1) is 6.92 Å². The number of hydrogen-bond acceptors (Lipinski definition) is 8. The minimum Gasteiger partial charge on any atom is -0.265 e. The van der Waals surface area contributed by atoms with Crippen LogP contribution in [0.3, 0.4) is 0 Å². The Kier molecular flexibility index (Phi) is 5.54. The molecule has 0 aliphatic heterocycles. The lowest BCUT2D eigenvalue weighted by Gasteiger charge is -2.04. The highest BCUT2D eigenvalue weighted by Gasteiger charge is 2.17. The van der Waals surface area contributed by atoms with Crippen LogP contribution >= 0.6 is 22.7 Å². The van der Waals surface area contributed by atoms with E-state index in [0.717, 1.165) is 46.4 Å². The third-order valence-corrected chi connectivity index (χ3v) is 7.04. The highest BCUT2D eigenvalue weighted by molar-refractivity contribution is 7.15. The summed E-state index contributed by atoms with van der Waals surface area (Å²) in [6, 6.07) is 0. The van der Waals surface area contributed by atoms with Gasteiger partial charge in [0.2, 0.25) is 0 Å². The van der Waals surface area contributed by atoms with Crippen molar-refractivity contribution in [3.63, 3.8) is 0 Å². The van der Waals surface area contributed by atoms with Gasteiger partial charge < -0.3 is 0 Å². The molecule has 0 radical (unpaired) electrons. The van der Waals surface area contributed by atoms with Gasteiger partial charge in [0.15, 0.2) is 0 Å². The number of aromatic amines is 1. The molecule has 0 atom stereocenters. The molecule has 9 heteroatoms. The minimum atomic E-state index is 0.446. The smallest absolute Gasteiger partial charge is 0.145 e. The van der Waals surface area contributed by atoms with E-state index in [-0.39, 0.29) is 0 Å². The largest absolute Gasteiger partial charge is 0.265 e. The molecule has 0 spiro atoms.